The maximum absolute atomic E-state index is 11.2. The second kappa shape index (κ2) is 7.35. The van der Waals surface area contributed by atoms with Gasteiger partial charge in [-0.3, -0.25) is 9.59 Å². The summed E-state index contributed by atoms with van der Waals surface area (Å²) in [5.41, 5.74) is 0. The molecule has 0 fully saturated rings. The van der Waals surface area contributed by atoms with Gasteiger partial charge in [-0.2, -0.15) is 0 Å². The van der Waals surface area contributed by atoms with Crippen molar-refractivity contribution in [3.63, 3.8) is 0 Å². The Hall–Kier alpha value is -1.06. The highest BCUT2D eigenvalue weighted by Crippen LogP contribution is 1.99. The smallest absolute Gasteiger partial charge is 0.305 e. The summed E-state index contributed by atoms with van der Waals surface area (Å²) in [4.78, 5) is 21.5. The van der Waals surface area contributed by atoms with Crippen LogP contribution >= 0.6 is 0 Å². The third kappa shape index (κ3) is 7.58. The minimum Gasteiger partial charge on any atom is -0.481 e. The minimum absolute atomic E-state index is 0.0144. The number of hydrogen-bond donors (Lipinski definition) is 2. The van der Waals surface area contributed by atoms with Gasteiger partial charge in [0.15, 0.2) is 0 Å². The van der Waals surface area contributed by atoms with Crippen LogP contribution in [-0.2, 0) is 9.59 Å². The Morgan fingerprint density at radius 2 is 2.00 bits per heavy atom. The lowest BCUT2D eigenvalue weighted by molar-refractivity contribution is -0.137. The van der Waals surface area contributed by atoms with Crippen LogP contribution in [0.15, 0.2) is 0 Å². The number of nitrogens with one attached hydrogen (secondary N) is 1. The molecule has 0 radical (unpaired) electrons. The van der Waals surface area contributed by atoms with E-state index >= 15 is 0 Å². The summed E-state index contributed by atoms with van der Waals surface area (Å²) in [6.07, 6.45) is 3.48. The summed E-state index contributed by atoms with van der Waals surface area (Å²) < 4.78 is 0. The number of carboxylic acid groups (broad SMARTS) is 1. The van der Waals surface area contributed by atoms with E-state index in [1.54, 1.807) is 6.92 Å². The zero-order chi connectivity index (χ0) is 11.0. The Morgan fingerprint density at radius 1 is 1.36 bits per heavy atom. The van der Waals surface area contributed by atoms with Crippen LogP contribution in [0.5, 0.6) is 0 Å². The first-order valence-electron chi connectivity index (χ1n) is 5.07. The SMILES string of the molecule is CCCCCC(=O)NC(C)CC(=O)O. The number of rotatable bonds is 7. The molecule has 82 valence electrons. The van der Waals surface area contributed by atoms with E-state index in [0.29, 0.717) is 6.42 Å². The van der Waals surface area contributed by atoms with E-state index in [9.17, 15) is 9.59 Å². The molecule has 0 spiro atoms. The number of carbonyl (C=O) groups is 2. The van der Waals surface area contributed by atoms with Crippen molar-refractivity contribution < 1.29 is 14.7 Å². The molecular weight excluding hydrogens is 182 g/mol. The predicted octanol–water partition coefficient (Wildman–Crippen LogP) is 1.55. The molecule has 1 amide bonds. The highest BCUT2D eigenvalue weighted by molar-refractivity contribution is 5.77. The van der Waals surface area contributed by atoms with Crippen molar-refractivity contribution in [2.45, 2.75) is 52.0 Å². The zero-order valence-corrected chi connectivity index (χ0v) is 8.88. The largest absolute Gasteiger partial charge is 0.481 e. The number of carbonyl (C=O) groups excluding carboxylic acids is 1. The quantitative estimate of drug-likeness (QED) is 0.614. The van der Waals surface area contributed by atoms with E-state index in [-0.39, 0.29) is 18.4 Å². The van der Waals surface area contributed by atoms with Gasteiger partial charge in [0.05, 0.1) is 6.42 Å². The van der Waals surface area contributed by atoms with Crippen LogP contribution in [0.25, 0.3) is 0 Å². The average Bonchev–Trinajstić information content (AvgIpc) is 2.02. The van der Waals surface area contributed by atoms with Gasteiger partial charge in [0, 0.05) is 12.5 Å². The maximum atomic E-state index is 11.2. The molecule has 2 N–H and O–H groups in total. The molecule has 0 aromatic carbocycles. The number of carboxylic acids is 1. The van der Waals surface area contributed by atoms with Crippen LogP contribution in [0.1, 0.15) is 46.0 Å². The molecule has 0 aromatic heterocycles. The van der Waals surface area contributed by atoms with E-state index in [0.717, 1.165) is 19.3 Å². The molecule has 0 saturated carbocycles. The summed E-state index contributed by atoms with van der Waals surface area (Å²) >= 11 is 0. The topological polar surface area (TPSA) is 66.4 Å². The second-order valence-corrected chi connectivity index (χ2v) is 3.52. The molecule has 0 bridgehead atoms. The summed E-state index contributed by atoms with van der Waals surface area (Å²) in [5, 5.41) is 11.1. The first-order chi connectivity index (χ1) is 6.56. The van der Waals surface area contributed by atoms with E-state index in [1.807, 2.05) is 0 Å². The second-order valence-electron chi connectivity index (χ2n) is 3.52. The molecule has 4 heteroatoms. The normalized spacial score (nSPS) is 12.1. The molecule has 1 atom stereocenters. The molecule has 0 aliphatic rings. The molecule has 0 aromatic rings. The van der Waals surface area contributed by atoms with Gasteiger partial charge in [0.25, 0.3) is 0 Å². The van der Waals surface area contributed by atoms with E-state index in [4.69, 9.17) is 5.11 Å². The fourth-order valence-corrected chi connectivity index (χ4v) is 1.20. The van der Waals surface area contributed by atoms with E-state index in [2.05, 4.69) is 12.2 Å². The Morgan fingerprint density at radius 3 is 2.50 bits per heavy atom. The molecule has 4 nitrogen and oxygen atoms in total. The van der Waals surface area contributed by atoms with Crippen molar-refractivity contribution in [2.24, 2.45) is 0 Å². The van der Waals surface area contributed by atoms with Crippen LogP contribution in [0.3, 0.4) is 0 Å². The monoisotopic (exact) mass is 201 g/mol. The van der Waals surface area contributed by atoms with Crippen LogP contribution in [-0.4, -0.2) is 23.0 Å². The lowest BCUT2D eigenvalue weighted by Crippen LogP contribution is -2.33. The molecule has 0 saturated heterocycles. The molecule has 0 aliphatic carbocycles. The highest BCUT2D eigenvalue weighted by atomic mass is 16.4. The summed E-state index contributed by atoms with van der Waals surface area (Å²) in [5.74, 6) is -0.932. The van der Waals surface area contributed by atoms with Crippen molar-refractivity contribution in [1.82, 2.24) is 5.32 Å². The van der Waals surface area contributed by atoms with Crippen molar-refractivity contribution in [3.8, 4) is 0 Å². The molecule has 1 unspecified atom stereocenters. The molecule has 0 heterocycles. The third-order valence-electron chi connectivity index (χ3n) is 1.90. The summed E-state index contributed by atoms with van der Waals surface area (Å²) in [6, 6.07) is -0.276. The molecule has 0 aliphatic heterocycles. The highest BCUT2D eigenvalue weighted by Gasteiger charge is 2.09. The average molecular weight is 201 g/mol. The van der Waals surface area contributed by atoms with E-state index < -0.39 is 5.97 Å². The lowest BCUT2D eigenvalue weighted by atomic mass is 10.2. The van der Waals surface area contributed by atoms with Gasteiger partial charge in [0.1, 0.15) is 0 Å². The van der Waals surface area contributed by atoms with Crippen LogP contribution in [0.2, 0.25) is 0 Å². The summed E-state index contributed by atoms with van der Waals surface area (Å²) in [7, 11) is 0. The predicted molar refractivity (Wildman–Crippen MR) is 54.0 cm³/mol. The molecular formula is C10H19NO3. The first-order valence-corrected chi connectivity index (χ1v) is 5.07. The van der Waals surface area contributed by atoms with Gasteiger partial charge < -0.3 is 10.4 Å². The van der Waals surface area contributed by atoms with Crippen molar-refractivity contribution in [2.75, 3.05) is 0 Å². The number of unbranched alkanes of at least 4 members (excludes halogenated alkanes) is 2. The van der Waals surface area contributed by atoms with Gasteiger partial charge in [-0.25, -0.2) is 0 Å². The fraction of sp³-hybridized carbons (Fsp3) is 0.800. The standard InChI is InChI=1S/C10H19NO3/c1-3-4-5-6-9(12)11-8(2)7-10(13)14/h8H,3-7H2,1-2H3,(H,11,12)(H,13,14). The van der Waals surface area contributed by atoms with Crippen LogP contribution < -0.4 is 5.32 Å². The minimum atomic E-state index is -0.883. The van der Waals surface area contributed by atoms with Gasteiger partial charge in [-0.15, -0.1) is 0 Å². The molecule has 0 rings (SSSR count). The fourth-order valence-electron chi connectivity index (χ4n) is 1.20. The van der Waals surface area contributed by atoms with Crippen molar-refractivity contribution in [3.05, 3.63) is 0 Å². The summed E-state index contributed by atoms with van der Waals surface area (Å²) in [6.45, 7) is 3.77. The third-order valence-corrected chi connectivity index (χ3v) is 1.90. The van der Waals surface area contributed by atoms with Crippen molar-refractivity contribution >= 4 is 11.9 Å². The Kier molecular flexibility index (Phi) is 6.80. The molecule has 14 heavy (non-hydrogen) atoms. The van der Waals surface area contributed by atoms with Crippen LogP contribution in [0, 0.1) is 0 Å². The maximum Gasteiger partial charge on any atom is 0.305 e. The Bertz CT molecular complexity index is 192. The van der Waals surface area contributed by atoms with Gasteiger partial charge >= 0.3 is 5.97 Å². The Labute approximate surface area is 84.7 Å². The zero-order valence-electron chi connectivity index (χ0n) is 8.88. The van der Waals surface area contributed by atoms with Crippen molar-refractivity contribution in [1.29, 1.82) is 0 Å². The number of aliphatic carboxylic acids is 1. The number of hydrogen-bond acceptors (Lipinski definition) is 2. The van der Waals surface area contributed by atoms with E-state index in [1.165, 1.54) is 0 Å². The number of amides is 1. The van der Waals surface area contributed by atoms with Gasteiger partial charge in [-0.05, 0) is 13.3 Å². The first kappa shape index (κ1) is 12.9. The lowest BCUT2D eigenvalue weighted by Gasteiger charge is -2.10. The Balaban J connectivity index is 3.55. The van der Waals surface area contributed by atoms with Gasteiger partial charge in [0.2, 0.25) is 5.91 Å². The van der Waals surface area contributed by atoms with Gasteiger partial charge in [-0.1, -0.05) is 19.8 Å². The van der Waals surface area contributed by atoms with Crippen LogP contribution in [0.4, 0.5) is 0 Å².